The Labute approximate surface area is 172 Å². The Hall–Kier alpha value is -3.59. The Balaban J connectivity index is 2.22. The first-order chi connectivity index (χ1) is 14.0. The number of carbonyl (C=O) groups excluding carboxylic acids is 1. The number of nitro groups is 1. The molecule has 9 nitrogen and oxygen atoms in total. The summed E-state index contributed by atoms with van der Waals surface area (Å²) in [6.45, 7) is 6.97. The molecule has 1 amide bonds. The van der Waals surface area contributed by atoms with Gasteiger partial charge in [-0.3, -0.25) is 10.1 Å². The van der Waals surface area contributed by atoms with Crippen molar-refractivity contribution in [3.05, 3.63) is 58.1 Å². The summed E-state index contributed by atoms with van der Waals surface area (Å²) in [6.07, 6.45) is -1.23. The van der Waals surface area contributed by atoms with E-state index in [4.69, 9.17) is 4.74 Å². The first kappa shape index (κ1) is 21.1. The maximum absolute atomic E-state index is 12.5. The molecule has 0 radical (unpaired) electrons. The molecule has 1 aliphatic heterocycles. The molecular formula is C21H22N3O6+. The van der Waals surface area contributed by atoms with Gasteiger partial charge in [0, 0.05) is 18.2 Å². The van der Waals surface area contributed by atoms with Crippen molar-refractivity contribution >= 4 is 29.1 Å². The van der Waals surface area contributed by atoms with Gasteiger partial charge in [-0.1, -0.05) is 15.8 Å². The van der Waals surface area contributed by atoms with Crippen LogP contribution in [0.25, 0.3) is 11.1 Å². The van der Waals surface area contributed by atoms with Crippen LogP contribution in [0.3, 0.4) is 0 Å². The predicted octanol–water partition coefficient (Wildman–Crippen LogP) is 4.33. The number of carboxylic acid groups (broad SMARTS) is 1. The van der Waals surface area contributed by atoms with Crippen LogP contribution in [0.2, 0.25) is 0 Å². The van der Waals surface area contributed by atoms with E-state index >= 15 is 0 Å². The number of esters is 1. The van der Waals surface area contributed by atoms with Crippen LogP contribution in [0.15, 0.2) is 47.6 Å². The lowest BCUT2D eigenvalue weighted by atomic mass is 9.97. The van der Waals surface area contributed by atoms with Gasteiger partial charge in [0.25, 0.3) is 5.69 Å². The number of non-ortho nitro benzene ring substituents is 1. The molecule has 1 atom stereocenters. The SMILES string of the molecule is CCOC(=O)C1=N[N+](C(=O)O)(C(C)(C)C)c2cc(-c3ccc([N+](=O)[O-])cc3)ccc21. The summed E-state index contributed by atoms with van der Waals surface area (Å²) in [7, 11) is 0. The quantitative estimate of drug-likeness (QED) is 0.346. The highest BCUT2D eigenvalue weighted by atomic mass is 16.6. The number of rotatable bonds is 4. The van der Waals surface area contributed by atoms with E-state index in [1.54, 1.807) is 58.0 Å². The summed E-state index contributed by atoms with van der Waals surface area (Å²) in [5.41, 5.74) is 1.04. The molecule has 0 saturated heterocycles. The first-order valence-corrected chi connectivity index (χ1v) is 9.32. The largest absolute Gasteiger partial charge is 0.546 e. The van der Waals surface area contributed by atoms with E-state index < -0.39 is 27.1 Å². The number of ether oxygens (including phenoxy) is 1. The molecule has 1 unspecified atom stereocenters. The van der Waals surface area contributed by atoms with Gasteiger partial charge in [-0.15, -0.1) is 0 Å². The molecule has 0 saturated carbocycles. The average molecular weight is 412 g/mol. The third-order valence-corrected chi connectivity index (χ3v) is 4.98. The van der Waals surface area contributed by atoms with Crippen molar-refractivity contribution in [2.75, 3.05) is 6.61 Å². The minimum absolute atomic E-state index is 0.0422. The van der Waals surface area contributed by atoms with E-state index in [0.717, 1.165) is 0 Å². The van der Waals surface area contributed by atoms with E-state index in [9.17, 15) is 24.8 Å². The van der Waals surface area contributed by atoms with E-state index in [1.807, 2.05) is 0 Å². The summed E-state index contributed by atoms with van der Waals surface area (Å²) >= 11 is 0. The molecule has 1 heterocycles. The van der Waals surface area contributed by atoms with E-state index in [-0.39, 0.29) is 18.0 Å². The number of carbonyl (C=O) groups is 2. The normalized spacial score (nSPS) is 17.8. The second kappa shape index (κ2) is 7.34. The topological polar surface area (TPSA) is 119 Å². The smallest absolute Gasteiger partial charge is 0.461 e. The molecule has 3 rings (SSSR count). The zero-order valence-electron chi connectivity index (χ0n) is 17.1. The minimum atomic E-state index is -1.23. The number of nitro benzene ring substituents is 1. The molecule has 9 heteroatoms. The highest BCUT2D eigenvalue weighted by molar-refractivity contribution is 6.46. The fourth-order valence-corrected chi connectivity index (χ4v) is 3.51. The second-order valence-electron chi connectivity index (χ2n) is 7.79. The van der Waals surface area contributed by atoms with Crippen LogP contribution in [0.4, 0.5) is 16.2 Å². The molecule has 0 aromatic heterocycles. The lowest BCUT2D eigenvalue weighted by Gasteiger charge is -2.35. The lowest BCUT2D eigenvalue weighted by molar-refractivity contribution is -0.384. The van der Waals surface area contributed by atoms with Crippen LogP contribution in [0.5, 0.6) is 0 Å². The molecule has 2 aromatic rings. The monoisotopic (exact) mass is 412 g/mol. The molecule has 0 fully saturated rings. The maximum Gasteiger partial charge on any atom is 0.546 e. The van der Waals surface area contributed by atoms with Crippen LogP contribution in [0.1, 0.15) is 33.3 Å². The highest BCUT2D eigenvalue weighted by Crippen LogP contribution is 2.44. The second-order valence-corrected chi connectivity index (χ2v) is 7.79. The molecule has 0 aliphatic carbocycles. The molecule has 30 heavy (non-hydrogen) atoms. The Morgan fingerprint density at radius 2 is 1.73 bits per heavy atom. The van der Waals surface area contributed by atoms with Gasteiger partial charge in [0.1, 0.15) is 5.54 Å². The molecule has 1 N–H and O–H groups in total. The van der Waals surface area contributed by atoms with Crippen LogP contribution < -0.4 is 4.59 Å². The summed E-state index contributed by atoms with van der Waals surface area (Å²) < 4.78 is 4.26. The van der Waals surface area contributed by atoms with Gasteiger partial charge in [0.2, 0.25) is 5.71 Å². The average Bonchev–Trinajstić information content (AvgIpc) is 3.04. The molecule has 0 bridgehead atoms. The predicted molar refractivity (Wildman–Crippen MR) is 111 cm³/mol. The van der Waals surface area contributed by atoms with Crippen LogP contribution in [-0.2, 0) is 9.53 Å². The number of quaternary nitrogens is 1. The summed E-state index contributed by atoms with van der Waals surface area (Å²) in [5, 5.41) is 25.4. The summed E-state index contributed by atoms with van der Waals surface area (Å²) in [4.78, 5) is 35.4. The van der Waals surface area contributed by atoms with Crippen molar-refractivity contribution in [3.8, 4) is 11.1 Å². The summed E-state index contributed by atoms with van der Waals surface area (Å²) in [5.74, 6) is -0.688. The fourth-order valence-electron chi connectivity index (χ4n) is 3.51. The van der Waals surface area contributed by atoms with Crippen LogP contribution >= 0.6 is 0 Å². The number of hydrogen-bond donors (Lipinski definition) is 1. The Kier molecular flexibility index (Phi) is 5.17. The van der Waals surface area contributed by atoms with Crippen LogP contribution in [-0.4, -0.2) is 39.9 Å². The molecule has 2 aromatic carbocycles. The lowest BCUT2D eigenvalue weighted by Crippen LogP contribution is -2.60. The molecule has 0 spiro atoms. The molecule has 156 valence electrons. The highest BCUT2D eigenvalue weighted by Gasteiger charge is 2.58. The Bertz CT molecular complexity index is 1070. The molecular weight excluding hydrogens is 390 g/mol. The maximum atomic E-state index is 12.5. The van der Waals surface area contributed by atoms with Crippen molar-refractivity contribution in [2.45, 2.75) is 33.2 Å². The number of hydrogen-bond acceptors (Lipinski definition) is 6. The van der Waals surface area contributed by atoms with Gasteiger partial charge in [0.15, 0.2) is 5.69 Å². The summed E-state index contributed by atoms with van der Waals surface area (Å²) in [6, 6.07) is 11.0. The number of fused-ring (bicyclic) bond motifs is 1. The fraction of sp³-hybridized carbons (Fsp3) is 0.286. The molecule has 1 aliphatic rings. The first-order valence-electron chi connectivity index (χ1n) is 9.32. The van der Waals surface area contributed by atoms with E-state index in [1.165, 1.54) is 12.1 Å². The third-order valence-electron chi connectivity index (χ3n) is 4.98. The van der Waals surface area contributed by atoms with Crippen molar-refractivity contribution in [1.29, 1.82) is 0 Å². The van der Waals surface area contributed by atoms with Crippen molar-refractivity contribution in [1.82, 2.24) is 4.59 Å². The number of nitrogens with zero attached hydrogens (tertiary/aromatic N) is 3. The number of amides is 1. The van der Waals surface area contributed by atoms with Crippen LogP contribution in [0, 0.1) is 10.1 Å². The van der Waals surface area contributed by atoms with E-state index in [2.05, 4.69) is 5.10 Å². The van der Waals surface area contributed by atoms with Gasteiger partial charge in [0.05, 0.1) is 17.1 Å². The third kappa shape index (κ3) is 3.22. The van der Waals surface area contributed by atoms with Crippen molar-refractivity contribution < 1.29 is 24.4 Å². The van der Waals surface area contributed by atoms with Gasteiger partial charge in [-0.05, 0) is 57.0 Å². The zero-order valence-corrected chi connectivity index (χ0v) is 17.1. The van der Waals surface area contributed by atoms with Gasteiger partial charge >= 0.3 is 12.1 Å². The van der Waals surface area contributed by atoms with Gasteiger partial charge in [-0.25, -0.2) is 4.79 Å². The van der Waals surface area contributed by atoms with Gasteiger partial charge in [-0.2, -0.15) is 4.79 Å². The number of benzene rings is 2. The Morgan fingerprint density at radius 1 is 1.13 bits per heavy atom. The zero-order chi connectivity index (χ0) is 22.3. The van der Waals surface area contributed by atoms with Crippen molar-refractivity contribution in [3.63, 3.8) is 0 Å². The standard InChI is InChI=1S/C21H21N3O6/c1-5-30-19(25)18-16-11-8-14(13-6-9-15(10-7-13)23(28)29)12-17(16)24(22-18,20(26)27)21(2,3)4/h6-12H,5H2,1-4H3/p+1. The van der Waals surface area contributed by atoms with Gasteiger partial charge < -0.3 is 9.84 Å². The van der Waals surface area contributed by atoms with Crippen molar-refractivity contribution in [2.24, 2.45) is 5.10 Å². The minimum Gasteiger partial charge on any atom is -0.461 e. The Morgan fingerprint density at radius 3 is 2.23 bits per heavy atom. The van der Waals surface area contributed by atoms with E-state index in [0.29, 0.717) is 22.4 Å².